The summed E-state index contributed by atoms with van der Waals surface area (Å²) < 4.78 is 11.9. The van der Waals surface area contributed by atoms with E-state index in [2.05, 4.69) is 75.4 Å². The van der Waals surface area contributed by atoms with Crippen LogP contribution in [0.3, 0.4) is 0 Å². The topological polar surface area (TPSA) is 50.8 Å². The van der Waals surface area contributed by atoms with Crippen molar-refractivity contribution >= 4 is 14.4 Å². The van der Waals surface area contributed by atoms with Gasteiger partial charge in [0.25, 0.3) is 0 Å². The molecule has 0 radical (unpaired) electrons. The van der Waals surface area contributed by atoms with Crippen molar-refractivity contribution in [2.24, 2.45) is 0 Å². The molecule has 1 amide bonds. The van der Waals surface area contributed by atoms with Crippen molar-refractivity contribution in [3.8, 4) is 0 Å². The number of carbonyl (C=O) groups excluding carboxylic acids is 1. The number of likely N-dealkylation sites (N-methyl/N-ethyl adjacent to an activating group) is 1. The number of hydrogen-bond donors (Lipinski definition) is 1. The van der Waals surface area contributed by atoms with Gasteiger partial charge in [-0.25, -0.2) is 4.79 Å². The van der Waals surface area contributed by atoms with Crippen molar-refractivity contribution in [3.63, 3.8) is 0 Å². The maximum Gasteiger partial charge on any atom is 0.407 e. The zero-order chi connectivity index (χ0) is 23.0. The molecule has 0 unspecified atom stereocenters. The smallest absolute Gasteiger partial charge is 0.407 e. The van der Waals surface area contributed by atoms with E-state index in [1.54, 1.807) is 0 Å². The number of amides is 1. The average molecular weight is 437 g/mol. The van der Waals surface area contributed by atoms with Gasteiger partial charge in [0.2, 0.25) is 0 Å². The first kappa shape index (κ1) is 26.7. The van der Waals surface area contributed by atoms with Crippen LogP contribution < -0.4 is 5.32 Å². The van der Waals surface area contributed by atoms with E-state index >= 15 is 0 Å². The summed E-state index contributed by atoms with van der Waals surface area (Å²) in [6, 6.07) is 10.8. The van der Waals surface area contributed by atoms with Crippen molar-refractivity contribution in [3.05, 3.63) is 35.9 Å². The molecule has 0 aromatic heterocycles. The van der Waals surface area contributed by atoms with Crippen molar-refractivity contribution in [1.82, 2.24) is 10.2 Å². The number of nitrogens with one attached hydrogen (secondary N) is 1. The van der Waals surface area contributed by atoms with Gasteiger partial charge in [0.05, 0.1) is 0 Å². The van der Waals surface area contributed by atoms with Gasteiger partial charge < -0.3 is 14.5 Å². The summed E-state index contributed by atoms with van der Waals surface area (Å²) in [6.07, 6.45) is 1.48. The predicted octanol–water partition coefficient (Wildman–Crippen LogP) is 5.81. The van der Waals surface area contributed by atoms with Crippen LogP contribution in [0.2, 0.25) is 18.1 Å². The van der Waals surface area contributed by atoms with Gasteiger partial charge in [0.15, 0.2) is 8.32 Å². The number of nitrogens with zero attached hydrogens (tertiary/aromatic N) is 1. The minimum Gasteiger partial charge on any atom is -0.444 e. The monoisotopic (exact) mass is 436 g/mol. The fourth-order valence-electron chi connectivity index (χ4n) is 2.79. The molecule has 5 nitrogen and oxygen atoms in total. The third-order valence-corrected chi connectivity index (χ3v) is 10.2. The lowest BCUT2D eigenvalue weighted by Crippen LogP contribution is -2.45. The molecule has 1 N–H and O–H groups in total. The highest BCUT2D eigenvalue weighted by Crippen LogP contribution is 2.36. The number of alkyl carbamates (subject to hydrolysis) is 1. The first-order chi connectivity index (χ1) is 13.7. The Morgan fingerprint density at radius 1 is 1.10 bits per heavy atom. The van der Waals surface area contributed by atoms with E-state index in [-0.39, 0.29) is 11.1 Å². The Kier molecular flexibility index (Phi) is 10.0. The highest BCUT2D eigenvalue weighted by Gasteiger charge is 2.37. The molecular weight excluding hydrogens is 392 g/mol. The maximum atomic E-state index is 11.9. The zero-order valence-corrected chi connectivity index (χ0v) is 21.7. The van der Waals surface area contributed by atoms with Crippen LogP contribution in [0, 0.1) is 0 Å². The van der Waals surface area contributed by atoms with Crippen molar-refractivity contribution < 1.29 is 14.0 Å². The fraction of sp³-hybridized carbons (Fsp3) is 0.708. The second-order valence-electron chi connectivity index (χ2n) is 10.7. The molecule has 6 heteroatoms. The summed E-state index contributed by atoms with van der Waals surface area (Å²) in [5.74, 6) is 0. The van der Waals surface area contributed by atoms with Crippen molar-refractivity contribution in [1.29, 1.82) is 0 Å². The highest BCUT2D eigenvalue weighted by atomic mass is 28.4. The molecule has 1 rings (SSSR count). The van der Waals surface area contributed by atoms with Gasteiger partial charge in [0, 0.05) is 25.7 Å². The number of rotatable bonds is 10. The van der Waals surface area contributed by atoms with E-state index in [1.807, 2.05) is 26.8 Å². The summed E-state index contributed by atoms with van der Waals surface area (Å²) in [7, 11) is 0.346. The van der Waals surface area contributed by atoms with Crippen molar-refractivity contribution in [2.75, 3.05) is 20.2 Å². The Morgan fingerprint density at radius 3 is 2.23 bits per heavy atom. The summed E-state index contributed by atoms with van der Waals surface area (Å²) in [4.78, 5) is 14.3. The highest BCUT2D eigenvalue weighted by molar-refractivity contribution is 6.74. The summed E-state index contributed by atoms with van der Waals surface area (Å²) in [5, 5.41) is 3.06. The minimum atomic E-state index is -1.81. The molecule has 172 valence electrons. The van der Waals surface area contributed by atoms with E-state index in [1.165, 1.54) is 5.56 Å². The Hall–Kier alpha value is -1.37. The zero-order valence-electron chi connectivity index (χ0n) is 20.7. The Morgan fingerprint density at radius 2 is 1.70 bits per heavy atom. The van der Waals surface area contributed by atoms with Gasteiger partial charge >= 0.3 is 6.09 Å². The van der Waals surface area contributed by atoms with E-state index in [9.17, 15) is 4.79 Å². The summed E-state index contributed by atoms with van der Waals surface area (Å²) in [6.45, 7) is 19.2. The van der Waals surface area contributed by atoms with Gasteiger partial charge in [0.1, 0.15) is 5.60 Å². The Bertz CT molecular complexity index is 636. The van der Waals surface area contributed by atoms with Gasteiger partial charge in [-0.3, -0.25) is 4.90 Å². The molecule has 0 fully saturated rings. The van der Waals surface area contributed by atoms with Gasteiger partial charge in [-0.2, -0.15) is 0 Å². The number of ether oxygens (including phenoxy) is 1. The van der Waals surface area contributed by atoms with Crippen LogP contribution in [0.1, 0.15) is 59.9 Å². The summed E-state index contributed by atoms with van der Waals surface area (Å²) >= 11 is 0. The molecule has 1 aromatic rings. The van der Waals surface area contributed by atoms with E-state index in [0.717, 1.165) is 19.4 Å². The van der Waals surface area contributed by atoms with Crippen LogP contribution in [-0.2, 0) is 15.7 Å². The Balaban J connectivity index is 2.66. The largest absolute Gasteiger partial charge is 0.444 e. The molecule has 30 heavy (non-hydrogen) atoms. The number of benzene rings is 1. The SMILES string of the molecule is CN(Cc1ccccc1)[C@@H](CCCNC(=O)OC(C)(C)C)CO[Si](C)(C)C(C)(C)C. The molecule has 1 aromatic carbocycles. The molecule has 1 atom stereocenters. The van der Waals surface area contributed by atoms with Crippen LogP contribution in [0.15, 0.2) is 30.3 Å². The lowest BCUT2D eigenvalue weighted by atomic mass is 10.1. The lowest BCUT2D eigenvalue weighted by Gasteiger charge is -2.39. The molecule has 0 saturated carbocycles. The molecular formula is C24H44N2O3Si. The van der Waals surface area contributed by atoms with E-state index in [4.69, 9.17) is 9.16 Å². The normalized spacial score (nSPS) is 13.9. The molecule has 0 saturated heterocycles. The van der Waals surface area contributed by atoms with E-state index < -0.39 is 13.9 Å². The van der Waals surface area contributed by atoms with Gasteiger partial charge in [-0.15, -0.1) is 0 Å². The molecule has 0 spiro atoms. The third kappa shape index (κ3) is 10.1. The van der Waals surface area contributed by atoms with Crippen molar-refractivity contribution in [2.45, 2.75) is 90.7 Å². The van der Waals surface area contributed by atoms with Gasteiger partial charge in [-0.1, -0.05) is 51.1 Å². The average Bonchev–Trinajstić information content (AvgIpc) is 2.59. The lowest BCUT2D eigenvalue weighted by molar-refractivity contribution is 0.0524. The standard InChI is InChI=1S/C24H44N2O3Si/c1-23(2,3)29-22(27)25-17-13-16-21(19-28-30(8,9)24(4,5)6)26(7)18-20-14-11-10-12-15-20/h10-12,14-15,21H,13,16-19H2,1-9H3,(H,25,27)/t21-/m0/s1. The predicted molar refractivity (Wildman–Crippen MR) is 128 cm³/mol. The Labute approximate surface area is 185 Å². The third-order valence-electron chi connectivity index (χ3n) is 5.72. The molecule has 0 aliphatic heterocycles. The second-order valence-corrected chi connectivity index (χ2v) is 15.5. The first-order valence-corrected chi connectivity index (χ1v) is 14.0. The molecule has 0 bridgehead atoms. The second kappa shape index (κ2) is 11.3. The minimum absolute atomic E-state index is 0.188. The maximum absolute atomic E-state index is 11.9. The van der Waals surface area contributed by atoms with Crippen LogP contribution >= 0.6 is 0 Å². The molecule has 0 aliphatic carbocycles. The van der Waals surface area contributed by atoms with Gasteiger partial charge in [-0.05, 0) is 64.4 Å². The molecule has 0 heterocycles. The number of carbonyl (C=O) groups is 1. The van der Waals surface area contributed by atoms with E-state index in [0.29, 0.717) is 19.2 Å². The van der Waals surface area contributed by atoms with Crippen LogP contribution in [-0.4, -0.2) is 51.2 Å². The fourth-order valence-corrected chi connectivity index (χ4v) is 3.84. The molecule has 0 aliphatic rings. The first-order valence-electron chi connectivity index (χ1n) is 11.1. The quantitative estimate of drug-likeness (QED) is 0.371. The van der Waals surface area contributed by atoms with Crippen LogP contribution in [0.25, 0.3) is 0 Å². The number of hydrogen-bond acceptors (Lipinski definition) is 4. The van der Waals surface area contributed by atoms with Crippen LogP contribution in [0.4, 0.5) is 4.79 Å². The van der Waals surface area contributed by atoms with Crippen LogP contribution in [0.5, 0.6) is 0 Å². The summed E-state index contributed by atoms with van der Waals surface area (Å²) in [5.41, 5.74) is 0.823.